The van der Waals surface area contributed by atoms with Crippen LogP contribution in [-0.2, 0) is 0 Å². The third-order valence-corrected chi connectivity index (χ3v) is 1.92. The van der Waals surface area contributed by atoms with E-state index in [4.69, 9.17) is 21.1 Å². The molecule has 6 nitrogen and oxygen atoms in total. The lowest BCUT2D eigenvalue weighted by Gasteiger charge is -1.98. The number of hydrogen-bond acceptors (Lipinski definition) is 4. The van der Waals surface area contributed by atoms with Gasteiger partial charge in [-0.25, -0.2) is 4.79 Å². The fraction of sp³-hybridized carbons (Fsp3) is 0. The van der Waals surface area contributed by atoms with Crippen LogP contribution in [0.15, 0.2) is 22.7 Å². The molecule has 0 unspecified atom stereocenters. The molecule has 78 valence electrons. The quantitative estimate of drug-likeness (QED) is 0.814. The minimum atomic E-state index is -1.31. The zero-order valence-corrected chi connectivity index (χ0v) is 7.97. The summed E-state index contributed by atoms with van der Waals surface area (Å²) in [5.74, 6) is -1.62. The van der Waals surface area contributed by atoms with E-state index in [2.05, 4.69) is 5.10 Å². The lowest BCUT2D eigenvalue weighted by Crippen LogP contribution is -2.07. The highest BCUT2D eigenvalue weighted by atomic mass is 35.5. The van der Waals surface area contributed by atoms with Crippen molar-refractivity contribution in [3.63, 3.8) is 0 Å². The van der Waals surface area contributed by atoms with Gasteiger partial charge in [0.1, 0.15) is 0 Å². The van der Waals surface area contributed by atoms with Gasteiger partial charge in [0.25, 0.3) is 0 Å². The minimum absolute atomic E-state index is 0.108. The van der Waals surface area contributed by atoms with Gasteiger partial charge in [-0.05, 0) is 17.7 Å². The van der Waals surface area contributed by atoms with E-state index in [1.807, 2.05) is 0 Å². The third-order valence-electron chi connectivity index (χ3n) is 1.72. The Balaban J connectivity index is 2.58. The van der Waals surface area contributed by atoms with Crippen molar-refractivity contribution in [3.05, 3.63) is 29.2 Å². The zero-order valence-electron chi connectivity index (χ0n) is 7.22. The number of aromatic hydroxyl groups is 1. The number of aromatic carboxylic acids is 1. The molecular weight excluding hydrogens is 224 g/mol. The molecule has 0 atom stereocenters. The van der Waals surface area contributed by atoms with Gasteiger partial charge in [-0.15, -0.1) is 0 Å². The zero-order chi connectivity index (χ0) is 11.0. The highest BCUT2D eigenvalue weighted by molar-refractivity contribution is 6.28. The smallest absolute Gasteiger partial charge is 0.358 e. The largest absolute Gasteiger partial charge is 0.504 e. The number of carboxylic acids is 1. The normalized spacial score (nSPS) is 10.5. The summed E-state index contributed by atoms with van der Waals surface area (Å²) in [7, 11) is 0. The van der Waals surface area contributed by atoms with Crippen LogP contribution in [0.3, 0.4) is 0 Å². The molecule has 2 heterocycles. The summed E-state index contributed by atoms with van der Waals surface area (Å²) in [5, 5.41) is 21.8. The lowest BCUT2D eigenvalue weighted by atomic mass is 10.4. The molecule has 2 N–H and O–H groups in total. The van der Waals surface area contributed by atoms with Gasteiger partial charge in [0, 0.05) is 6.07 Å². The fourth-order valence-corrected chi connectivity index (χ4v) is 1.27. The molecule has 0 aliphatic rings. The Hall–Kier alpha value is -1.95. The lowest BCUT2D eigenvalue weighted by molar-refractivity contribution is 0.0682. The number of nitrogens with zero attached hydrogens (tertiary/aromatic N) is 2. The standard InChI is InChI=1S/C8H5ClN2O4/c9-5-1-2-6(15-5)11-7(8(13)14)4(12)3-10-11/h1-3,12H,(H,13,14). The van der Waals surface area contributed by atoms with E-state index in [1.165, 1.54) is 12.1 Å². The van der Waals surface area contributed by atoms with E-state index in [-0.39, 0.29) is 16.8 Å². The molecule has 0 aliphatic heterocycles. The summed E-state index contributed by atoms with van der Waals surface area (Å²) in [4.78, 5) is 10.8. The monoisotopic (exact) mass is 228 g/mol. The second kappa shape index (κ2) is 3.32. The number of aromatic nitrogens is 2. The maximum Gasteiger partial charge on any atom is 0.358 e. The van der Waals surface area contributed by atoms with Gasteiger partial charge < -0.3 is 14.6 Å². The summed E-state index contributed by atoms with van der Waals surface area (Å²) in [6.07, 6.45) is 1.01. The first-order chi connectivity index (χ1) is 7.09. The second-order valence-corrected chi connectivity index (χ2v) is 3.05. The molecule has 2 aromatic rings. The molecule has 2 aromatic heterocycles. The molecule has 0 saturated heterocycles. The van der Waals surface area contributed by atoms with E-state index in [0.717, 1.165) is 10.9 Å². The summed E-state index contributed by atoms with van der Waals surface area (Å²) in [6.45, 7) is 0. The predicted octanol–water partition coefficient (Wildman–Crippen LogP) is 1.52. The minimum Gasteiger partial charge on any atom is -0.504 e. The number of carboxylic acid groups (broad SMARTS) is 1. The van der Waals surface area contributed by atoms with Crippen LogP contribution in [0.4, 0.5) is 0 Å². The highest BCUT2D eigenvalue weighted by Gasteiger charge is 2.20. The van der Waals surface area contributed by atoms with Crippen LogP contribution >= 0.6 is 11.6 Å². The Morgan fingerprint density at radius 2 is 2.27 bits per heavy atom. The number of carbonyl (C=O) groups is 1. The molecule has 0 amide bonds. The van der Waals surface area contributed by atoms with Crippen LogP contribution in [-0.4, -0.2) is 26.0 Å². The van der Waals surface area contributed by atoms with E-state index in [1.54, 1.807) is 0 Å². The average Bonchev–Trinajstić information content (AvgIpc) is 2.71. The molecule has 0 spiro atoms. The van der Waals surface area contributed by atoms with Gasteiger partial charge in [0.15, 0.2) is 16.7 Å². The van der Waals surface area contributed by atoms with Gasteiger partial charge in [-0.3, -0.25) is 0 Å². The highest BCUT2D eigenvalue weighted by Crippen LogP contribution is 2.23. The Morgan fingerprint density at radius 3 is 2.80 bits per heavy atom. The first-order valence-electron chi connectivity index (χ1n) is 3.85. The molecule has 15 heavy (non-hydrogen) atoms. The van der Waals surface area contributed by atoms with Gasteiger partial charge >= 0.3 is 5.97 Å². The van der Waals surface area contributed by atoms with Crippen LogP contribution in [0.5, 0.6) is 5.75 Å². The number of furan rings is 1. The van der Waals surface area contributed by atoms with Gasteiger partial charge in [0.05, 0.1) is 6.20 Å². The molecule has 2 rings (SSSR count). The molecule has 0 radical (unpaired) electrons. The number of rotatable bonds is 2. The van der Waals surface area contributed by atoms with Crippen LogP contribution < -0.4 is 0 Å². The molecule has 0 saturated carbocycles. The molecule has 0 aromatic carbocycles. The first-order valence-corrected chi connectivity index (χ1v) is 4.23. The van der Waals surface area contributed by atoms with Crippen LogP contribution in [0.25, 0.3) is 5.88 Å². The van der Waals surface area contributed by atoms with E-state index >= 15 is 0 Å². The summed E-state index contributed by atoms with van der Waals surface area (Å²) >= 11 is 5.53. The first kappa shape index (κ1) is 9.60. The average molecular weight is 229 g/mol. The molecule has 0 aliphatic carbocycles. The predicted molar refractivity (Wildman–Crippen MR) is 49.5 cm³/mol. The molecule has 7 heteroatoms. The topological polar surface area (TPSA) is 88.5 Å². The van der Waals surface area contributed by atoms with Crippen molar-refractivity contribution in [2.45, 2.75) is 0 Å². The van der Waals surface area contributed by atoms with Crippen molar-refractivity contribution in [2.24, 2.45) is 0 Å². The molecule has 0 fully saturated rings. The third kappa shape index (κ3) is 1.55. The fourth-order valence-electron chi connectivity index (χ4n) is 1.13. The Morgan fingerprint density at radius 1 is 1.53 bits per heavy atom. The van der Waals surface area contributed by atoms with Crippen molar-refractivity contribution in [1.82, 2.24) is 9.78 Å². The summed E-state index contributed by atoms with van der Waals surface area (Å²) in [6, 6.07) is 2.89. The van der Waals surface area contributed by atoms with Crippen molar-refractivity contribution < 1.29 is 19.4 Å². The molecule has 0 bridgehead atoms. The van der Waals surface area contributed by atoms with Crippen LogP contribution in [0.1, 0.15) is 10.5 Å². The summed E-state index contributed by atoms with van der Waals surface area (Å²) in [5.41, 5.74) is -0.374. The number of hydrogen-bond donors (Lipinski definition) is 2. The Labute approximate surface area is 88.3 Å². The Bertz CT molecular complexity index is 516. The molecular formula is C8H5ClN2O4. The van der Waals surface area contributed by atoms with Crippen molar-refractivity contribution in [3.8, 4) is 11.6 Å². The SMILES string of the molecule is O=C(O)c1c(O)cnn1-c1ccc(Cl)o1. The summed E-state index contributed by atoms with van der Waals surface area (Å²) < 4.78 is 5.91. The van der Waals surface area contributed by atoms with Gasteiger partial charge in [-0.1, -0.05) is 0 Å². The van der Waals surface area contributed by atoms with Crippen LogP contribution in [0, 0.1) is 0 Å². The Kier molecular flexibility index (Phi) is 2.12. The van der Waals surface area contributed by atoms with Crippen molar-refractivity contribution >= 4 is 17.6 Å². The maximum atomic E-state index is 10.8. The number of halogens is 1. The maximum absolute atomic E-state index is 10.8. The van der Waals surface area contributed by atoms with Crippen molar-refractivity contribution in [2.75, 3.05) is 0 Å². The van der Waals surface area contributed by atoms with E-state index in [9.17, 15) is 9.90 Å². The second-order valence-electron chi connectivity index (χ2n) is 2.67. The van der Waals surface area contributed by atoms with Crippen molar-refractivity contribution in [1.29, 1.82) is 0 Å². The van der Waals surface area contributed by atoms with Gasteiger partial charge in [-0.2, -0.15) is 9.78 Å². The van der Waals surface area contributed by atoms with Crippen LogP contribution in [0.2, 0.25) is 5.22 Å². The van der Waals surface area contributed by atoms with E-state index in [0.29, 0.717) is 0 Å². The van der Waals surface area contributed by atoms with Gasteiger partial charge in [0.2, 0.25) is 5.88 Å². The van der Waals surface area contributed by atoms with E-state index < -0.39 is 11.7 Å².